The van der Waals surface area contributed by atoms with Crippen LogP contribution in [0.5, 0.6) is 0 Å². The molecule has 0 spiro atoms. The molecule has 1 saturated carbocycles. The second kappa shape index (κ2) is 13.6. The Kier molecular flexibility index (Phi) is 11.6. The molecule has 10 heteroatoms. The van der Waals surface area contributed by atoms with E-state index >= 15 is 0 Å². The number of hydrogen-bond donors (Lipinski definition) is 2. The molecule has 0 heterocycles. The highest BCUT2D eigenvalue weighted by Gasteiger charge is 2.41. The van der Waals surface area contributed by atoms with Gasteiger partial charge in [0.1, 0.15) is 26.4 Å². The van der Waals surface area contributed by atoms with E-state index in [0.29, 0.717) is 0 Å². The molecule has 0 bridgehead atoms. The van der Waals surface area contributed by atoms with E-state index < -0.39 is 35.2 Å². The van der Waals surface area contributed by atoms with Crippen molar-refractivity contribution in [3.05, 3.63) is 25.3 Å². The standard InChI is InChI=1S/C24H38N2O8/c1-7-19(27)31-12-14-33-21(29)25-23(3,4)17-10-9-11-18(16-17)24(5,6)26-22(30)34-15-13-32-20(28)8-2/h7-8,17-18H,1-2,9-16H2,3-6H3,(H,25,29)(H,26,30). The monoisotopic (exact) mass is 482 g/mol. The van der Waals surface area contributed by atoms with Gasteiger partial charge in [-0.1, -0.05) is 19.6 Å². The molecule has 2 unspecified atom stereocenters. The first-order chi connectivity index (χ1) is 15.9. The Morgan fingerprint density at radius 1 is 0.735 bits per heavy atom. The van der Waals surface area contributed by atoms with Crippen LogP contribution in [-0.2, 0) is 28.5 Å². The number of ether oxygens (including phenoxy) is 4. The minimum Gasteiger partial charge on any atom is -0.459 e. The molecule has 1 fully saturated rings. The molecule has 1 aliphatic carbocycles. The highest BCUT2D eigenvalue weighted by molar-refractivity contribution is 5.81. The van der Waals surface area contributed by atoms with Gasteiger partial charge in [0.15, 0.2) is 0 Å². The lowest BCUT2D eigenvalue weighted by Crippen LogP contribution is -2.55. The molecule has 0 saturated heterocycles. The average Bonchev–Trinajstić information content (AvgIpc) is 2.78. The van der Waals surface area contributed by atoms with Crippen molar-refractivity contribution in [1.29, 1.82) is 0 Å². The van der Waals surface area contributed by atoms with Crippen LogP contribution in [0.25, 0.3) is 0 Å². The Bertz CT molecular complexity index is 687. The molecule has 0 aromatic rings. The minimum absolute atomic E-state index is 0.0448. The SMILES string of the molecule is C=CC(=O)OCCOC(=O)NC(C)(C)C1CCCC(C(C)(C)NC(=O)OCCOC(=O)C=C)C1. The summed E-state index contributed by atoms with van der Waals surface area (Å²) in [6, 6.07) is 0. The van der Waals surface area contributed by atoms with Crippen LogP contribution in [0.3, 0.4) is 0 Å². The molecule has 0 aliphatic heterocycles. The maximum Gasteiger partial charge on any atom is 0.407 e. The number of rotatable bonds is 12. The lowest BCUT2D eigenvalue weighted by molar-refractivity contribution is -0.139. The van der Waals surface area contributed by atoms with Gasteiger partial charge < -0.3 is 29.6 Å². The highest BCUT2D eigenvalue weighted by atomic mass is 16.6. The van der Waals surface area contributed by atoms with Gasteiger partial charge in [-0.2, -0.15) is 0 Å². The Balaban J connectivity index is 2.53. The number of amides is 2. The van der Waals surface area contributed by atoms with Crippen molar-refractivity contribution in [2.75, 3.05) is 26.4 Å². The maximum absolute atomic E-state index is 12.2. The highest BCUT2D eigenvalue weighted by Crippen LogP contribution is 2.40. The number of alkyl carbamates (subject to hydrolysis) is 2. The molecular weight excluding hydrogens is 444 g/mol. The van der Waals surface area contributed by atoms with Crippen molar-refractivity contribution in [2.24, 2.45) is 11.8 Å². The van der Waals surface area contributed by atoms with Crippen LogP contribution in [0, 0.1) is 11.8 Å². The summed E-state index contributed by atoms with van der Waals surface area (Å²) in [5, 5.41) is 5.81. The maximum atomic E-state index is 12.2. The number of carbonyl (C=O) groups is 4. The number of carbonyl (C=O) groups excluding carboxylic acids is 4. The Labute approximate surface area is 201 Å². The zero-order valence-corrected chi connectivity index (χ0v) is 20.6. The predicted octanol–water partition coefficient (Wildman–Crippen LogP) is 3.26. The van der Waals surface area contributed by atoms with E-state index in [-0.39, 0.29) is 38.3 Å². The molecule has 0 aromatic heterocycles. The first-order valence-corrected chi connectivity index (χ1v) is 11.4. The van der Waals surface area contributed by atoms with Gasteiger partial charge in [-0.05, 0) is 58.8 Å². The topological polar surface area (TPSA) is 129 Å². The normalized spacial score (nSPS) is 18.1. The first-order valence-electron chi connectivity index (χ1n) is 11.4. The average molecular weight is 483 g/mol. The fourth-order valence-electron chi connectivity index (χ4n) is 3.97. The van der Waals surface area contributed by atoms with E-state index in [1.807, 2.05) is 27.7 Å². The van der Waals surface area contributed by atoms with Crippen LogP contribution < -0.4 is 10.6 Å². The van der Waals surface area contributed by atoms with Crippen molar-refractivity contribution in [3.8, 4) is 0 Å². The molecule has 192 valence electrons. The molecule has 1 aliphatic rings. The summed E-state index contributed by atoms with van der Waals surface area (Å²) in [5.74, 6) is -0.830. The van der Waals surface area contributed by atoms with Crippen molar-refractivity contribution in [1.82, 2.24) is 10.6 Å². The number of nitrogens with one attached hydrogen (secondary N) is 2. The summed E-state index contributed by atoms with van der Waals surface area (Å²) in [6.07, 6.45) is 4.50. The molecule has 34 heavy (non-hydrogen) atoms. The summed E-state index contributed by atoms with van der Waals surface area (Å²) >= 11 is 0. The van der Waals surface area contributed by atoms with Gasteiger partial charge in [-0.25, -0.2) is 19.2 Å². The van der Waals surface area contributed by atoms with Gasteiger partial charge in [-0.3, -0.25) is 0 Å². The van der Waals surface area contributed by atoms with Crippen LogP contribution in [0.1, 0.15) is 53.4 Å². The van der Waals surface area contributed by atoms with Crippen molar-refractivity contribution in [3.63, 3.8) is 0 Å². The first kappa shape index (κ1) is 29.0. The molecule has 0 aromatic carbocycles. The summed E-state index contributed by atoms with van der Waals surface area (Å²) in [7, 11) is 0. The predicted molar refractivity (Wildman–Crippen MR) is 125 cm³/mol. The van der Waals surface area contributed by atoms with Crippen LogP contribution in [-0.4, -0.2) is 61.6 Å². The largest absolute Gasteiger partial charge is 0.459 e. The summed E-state index contributed by atoms with van der Waals surface area (Å²) < 4.78 is 19.8. The third-order valence-electron chi connectivity index (χ3n) is 6.02. The van der Waals surface area contributed by atoms with Gasteiger partial charge in [-0.15, -0.1) is 0 Å². The van der Waals surface area contributed by atoms with E-state index in [0.717, 1.165) is 37.8 Å². The third-order valence-corrected chi connectivity index (χ3v) is 6.02. The molecule has 10 nitrogen and oxygen atoms in total. The Morgan fingerprint density at radius 3 is 1.44 bits per heavy atom. The summed E-state index contributed by atoms with van der Waals surface area (Å²) in [6.45, 7) is 14.2. The quantitative estimate of drug-likeness (QED) is 0.188. The molecule has 1 rings (SSSR count). The van der Waals surface area contributed by atoms with E-state index in [4.69, 9.17) is 18.9 Å². The van der Waals surface area contributed by atoms with Gasteiger partial charge in [0.25, 0.3) is 0 Å². The zero-order chi connectivity index (χ0) is 25.8. The zero-order valence-electron chi connectivity index (χ0n) is 20.6. The molecule has 2 amide bonds. The molecule has 2 N–H and O–H groups in total. The van der Waals surface area contributed by atoms with Crippen LogP contribution in [0.2, 0.25) is 0 Å². The summed E-state index contributed by atoms with van der Waals surface area (Å²) in [4.78, 5) is 46.5. The van der Waals surface area contributed by atoms with Gasteiger partial charge in [0, 0.05) is 23.2 Å². The van der Waals surface area contributed by atoms with Crippen molar-refractivity contribution < 1.29 is 38.1 Å². The van der Waals surface area contributed by atoms with Gasteiger partial charge in [0.05, 0.1) is 0 Å². The van der Waals surface area contributed by atoms with Crippen LogP contribution >= 0.6 is 0 Å². The van der Waals surface area contributed by atoms with E-state index in [1.54, 1.807) is 0 Å². The second-order valence-electron chi connectivity index (χ2n) is 9.27. The van der Waals surface area contributed by atoms with Crippen molar-refractivity contribution in [2.45, 2.75) is 64.5 Å². The summed E-state index contributed by atoms with van der Waals surface area (Å²) in [5.41, 5.74) is -1.08. The van der Waals surface area contributed by atoms with Crippen LogP contribution in [0.15, 0.2) is 25.3 Å². The second-order valence-corrected chi connectivity index (χ2v) is 9.27. The van der Waals surface area contributed by atoms with E-state index in [9.17, 15) is 19.2 Å². The Hall–Kier alpha value is -3.04. The fraction of sp³-hybridized carbons (Fsp3) is 0.667. The third kappa shape index (κ3) is 10.3. The lowest BCUT2D eigenvalue weighted by Gasteiger charge is -2.45. The molecular formula is C24H38N2O8. The molecule has 0 radical (unpaired) electrons. The fourth-order valence-corrected chi connectivity index (χ4v) is 3.97. The minimum atomic E-state index is -0.583. The van der Waals surface area contributed by atoms with E-state index in [2.05, 4.69) is 23.8 Å². The number of esters is 2. The van der Waals surface area contributed by atoms with E-state index in [1.165, 1.54) is 0 Å². The van der Waals surface area contributed by atoms with Gasteiger partial charge >= 0.3 is 24.1 Å². The lowest BCUT2D eigenvalue weighted by atomic mass is 9.67. The number of hydrogen-bond acceptors (Lipinski definition) is 8. The Morgan fingerprint density at radius 2 is 1.09 bits per heavy atom. The van der Waals surface area contributed by atoms with Gasteiger partial charge in [0.2, 0.25) is 0 Å². The van der Waals surface area contributed by atoms with Crippen molar-refractivity contribution >= 4 is 24.1 Å². The van der Waals surface area contributed by atoms with Crippen LogP contribution in [0.4, 0.5) is 9.59 Å². The smallest absolute Gasteiger partial charge is 0.407 e. The molecule has 2 atom stereocenters.